The van der Waals surface area contributed by atoms with Crippen molar-refractivity contribution in [1.29, 1.82) is 0 Å². The first-order valence-electron chi connectivity index (χ1n) is 7.76. The predicted octanol–water partition coefficient (Wildman–Crippen LogP) is 4.15. The highest BCUT2D eigenvalue weighted by molar-refractivity contribution is 5.99. The molecule has 3 rings (SSSR count). The van der Waals surface area contributed by atoms with Gasteiger partial charge in [0.25, 0.3) is 0 Å². The SMILES string of the molecule is COc1cccc(NC(=O)C2(c3ccccc3)CCCC2)c1. The van der Waals surface area contributed by atoms with Crippen molar-refractivity contribution in [3.8, 4) is 5.75 Å². The van der Waals surface area contributed by atoms with Crippen molar-refractivity contribution in [2.24, 2.45) is 0 Å². The Kier molecular flexibility index (Phi) is 4.14. The Morgan fingerprint density at radius 1 is 1.05 bits per heavy atom. The van der Waals surface area contributed by atoms with Gasteiger partial charge in [-0.25, -0.2) is 0 Å². The molecule has 0 saturated heterocycles. The summed E-state index contributed by atoms with van der Waals surface area (Å²) in [6.07, 6.45) is 4.01. The molecule has 1 amide bonds. The maximum Gasteiger partial charge on any atom is 0.235 e. The minimum atomic E-state index is -0.398. The molecule has 0 radical (unpaired) electrons. The second-order valence-corrected chi connectivity index (χ2v) is 5.84. The summed E-state index contributed by atoms with van der Waals surface area (Å²) in [5.41, 5.74) is 1.50. The van der Waals surface area contributed by atoms with Crippen molar-refractivity contribution in [1.82, 2.24) is 0 Å². The van der Waals surface area contributed by atoms with Crippen molar-refractivity contribution < 1.29 is 9.53 Å². The molecule has 1 N–H and O–H groups in total. The van der Waals surface area contributed by atoms with E-state index >= 15 is 0 Å². The summed E-state index contributed by atoms with van der Waals surface area (Å²) < 4.78 is 5.22. The van der Waals surface area contributed by atoms with Crippen LogP contribution in [0.5, 0.6) is 5.75 Å². The predicted molar refractivity (Wildman–Crippen MR) is 88.2 cm³/mol. The highest BCUT2D eigenvalue weighted by Gasteiger charge is 2.42. The molecule has 1 saturated carbocycles. The lowest BCUT2D eigenvalue weighted by molar-refractivity contribution is -0.121. The third-order valence-corrected chi connectivity index (χ3v) is 4.55. The Morgan fingerprint density at radius 3 is 2.45 bits per heavy atom. The zero-order valence-electron chi connectivity index (χ0n) is 12.8. The molecule has 2 aromatic rings. The Labute approximate surface area is 131 Å². The van der Waals surface area contributed by atoms with Gasteiger partial charge in [0.15, 0.2) is 0 Å². The summed E-state index contributed by atoms with van der Waals surface area (Å²) in [6, 6.07) is 17.7. The standard InChI is InChI=1S/C19H21NO2/c1-22-17-11-7-10-16(14-17)20-18(21)19(12-5-6-13-19)15-8-3-2-4-9-15/h2-4,7-11,14H,5-6,12-13H2,1H3,(H,20,21). The average molecular weight is 295 g/mol. The number of methoxy groups -OCH3 is 1. The number of ether oxygens (including phenoxy) is 1. The van der Waals surface area contributed by atoms with Crippen LogP contribution in [-0.4, -0.2) is 13.0 Å². The molecule has 1 aliphatic rings. The zero-order valence-corrected chi connectivity index (χ0v) is 12.8. The van der Waals surface area contributed by atoms with Gasteiger partial charge in [0.2, 0.25) is 5.91 Å². The van der Waals surface area contributed by atoms with Gasteiger partial charge in [-0.05, 0) is 30.5 Å². The van der Waals surface area contributed by atoms with Crippen molar-refractivity contribution in [2.75, 3.05) is 12.4 Å². The van der Waals surface area contributed by atoms with Gasteiger partial charge in [-0.15, -0.1) is 0 Å². The summed E-state index contributed by atoms with van der Waals surface area (Å²) >= 11 is 0. The van der Waals surface area contributed by atoms with E-state index in [1.54, 1.807) is 7.11 Å². The first-order chi connectivity index (χ1) is 10.7. The van der Waals surface area contributed by atoms with Gasteiger partial charge in [0.05, 0.1) is 12.5 Å². The van der Waals surface area contributed by atoms with Crippen LogP contribution in [0.4, 0.5) is 5.69 Å². The summed E-state index contributed by atoms with van der Waals surface area (Å²) in [4.78, 5) is 13.0. The molecule has 0 unspecified atom stereocenters. The third kappa shape index (κ3) is 2.71. The molecule has 0 bridgehead atoms. The molecule has 0 aliphatic heterocycles. The monoisotopic (exact) mass is 295 g/mol. The number of benzene rings is 2. The van der Waals surface area contributed by atoms with Gasteiger partial charge in [-0.2, -0.15) is 0 Å². The molecule has 22 heavy (non-hydrogen) atoms. The van der Waals surface area contributed by atoms with Crippen LogP contribution < -0.4 is 10.1 Å². The maximum absolute atomic E-state index is 13.0. The van der Waals surface area contributed by atoms with Gasteiger partial charge in [-0.3, -0.25) is 4.79 Å². The normalized spacial score (nSPS) is 16.2. The van der Waals surface area contributed by atoms with Gasteiger partial charge >= 0.3 is 0 Å². The summed E-state index contributed by atoms with van der Waals surface area (Å²) in [6.45, 7) is 0. The minimum Gasteiger partial charge on any atom is -0.497 e. The Balaban J connectivity index is 1.87. The van der Waals surface area contributed by atoms with E-state index in [0.29, 0.717) is 0 Å². The molecular weight excluding hydrogens is 274 g/mol. The van der Waals surface area contributed by atoms with Crippen molar-refractivity contribution in [3.63, 3.8) is 0 Å². The fraction of sp³-hybridized carbons (Fsp3) is 0.316. The molecular formula is C19H21NO2. The molecule has 1 aliphatic carbocycles. The quantitative estimate of drug-likeness (QED) is 0.920. The third-order valence-electron chi connectivity index (χ3n) is 4.55. The molecule has 1 fully saturated rings. The minimum absolute atomic E-state index is 0.0875. The van der Waals surface area contributed by atoms with E-state index in [4.69, 9.17) is 4.74 Å². The van der Waals surface area contributed by atoms with E-state index < -0.39 is 5.41 Å². The van der Waals surface area contributed by atoms with E-state index in [-0.39, 0.29) is 5.91 Å². The summed E-state index contributed by atoms with van der Waals surface area (Å²) in [5, 5.41) is 3.08. The number of hydrogen-bond acceptors (Lipinski definition) is 2. The first kappa shape index (κ1) is 14.6. The van der Waals surface area contributed by atoms with Gasteiger partial charge in [-0.1, -0.05) is 49.2 Å². The Bertz CT molecular complexity index is 645. The number of carbonyl (C=O) groups is 1. The fourth-order valence-corrected chi connectivity index (χ4v) is 3.33. The summed E-state index contributed by atoms with van der Waals surface area (Å²) in [7, 11) is 1.63. The lowest BCUT2D eigenvalue weighted by Crippen LogP contribution is -2.37. The number of carbonyl (C=O) groups excluding carboxylic acids is 1. The second-order valence-electron chi connectivity index (χ2n) is 5.84. The Morgan fingerprint density at radius 2 is 1.77 bits per heavy atom. The number of nitrogens with one attached hydrogen (secondary N) is 1. The topological polar surface area (TPSA) is 38.3 Å². The van der Waals surface area contributed by atoms with Gasteiger partial charge in [0.1, 0.15) is 5.75 Å². The molecule has 3 heteroatoms. The van der Waals surface area contributed by atoms with E-state index in [9.17, 15) is 4.79 Å². The van der Waals surface area contributed by atoms with Crippen LogP contribution in [-0.2, 0) is 10.2 Å². The molecule has 0 heterocycles. The van der Waals surface area contributed by atoms with Crippen LogP contribution in [0.3, 0.4) is 0 Å². The van der Waals surface area contributed by atoms with Gasteiger partial charge in [0, 0.05) is 11.8 Å². The van der Waals surface area contributed by atoms with E-state index in [0.717, 1.165) is 42.7 Å². The second kappa shape index (κ2) is 6.22. The van der Waals surface area contributed by atoms with E-state index in [2.05, 4.69) is 17.4 Å². The zero-order chi connectivity index (χ0) is 15.4. The average Bonchev–Trinajstić information content (AvgIpc) is 3.07. The summed E-state index contributed by atoms with van der Waals surface area (Å²) in [5.74, 6) is 0.836. The van der Waals surface area contributed by atoms with Crippen LogP contribution in [0.1, 0.15) is 31.2 Å². The van der Waals surface area contributed by atoms with Gasteiger partial charge < -0.3 is 10.1 Å². The number of anilines is 1. The van der Waals surface area contributed by atoms with E-state index in [1.165, 1.54) is 0 Å². The number of hydrogen-bond donors (Lipinski definition) is 1. The van der Waals surface area contributed by atoms with Crippen molar-refractivity contribution in [3.05, 3.63) is 60.2 Å². The highest BCUT2D eigenvalue weighted by atomic mass is 16.5. The molecule has 0 atom stereocenters. The molecule has 2 aromatic carbocycles. The lowest BCUT2D eigenvalue weighted by atomic mass is 9.78. The molecule has 114 valence electrons. The fourth-order valence-electron chi connectivity index (χ4n) is 3.33. The van der Waals surface area contributed by atoms with Crippen LogP contribution in [0.15, 0.2) is 54.6 Å². The van der Waals surface area contributed by atoms with Crippen molar-refractivity contribution >= 4 is 11.6 Å². The van der Waals surface area contributed by atoms with E-state index in [1.807, 2.05) is 42.5 Å². The van der Waals surface area contributed by atoms with Crippen LogP contribution in [0, 0.1) is 0 Å². The van der Waals surface area contributed by atoms with Crippen LogP contribution >= 0.6 is 0 Å². The first-order valence-corrected chi connectivity index (χ1v) is 7.76. The smallest absolute Gasteiger partial charge is 0.235 e. The highest BCUT2D eigenvalue weighted by Crippen LogP contribution is 2.42. The maximum atomic E-state index is 13.0. The van der Waals surface area contributed by atoms with Crippen LogP contribution in [0.2, 0.25) is 0 Å². The van der Waals surface area contributed by atoms with Crippen molar-refractivity contribution in [2.45, 2.75) is 31.1 Å². The molecule has 0 aromatic heterocycles. The number of amides is 1. The largest absolute Gasteiger partial charge is 0.497 e. The lowest BCUT2D eigenvalue weighted by Gasteiger charge is -2.28. The Hall–Kier alpha value is -2.29. The van der Waals surface area contributed by atoms with Crippen LogP contribution in [0.25, 0.3) is 0 Å². The molecule has 3 nitrogen and oxygen atoms in total. The number of rotatable bonds is 4. The molecule has 0 spiro atoms.